The maximum atomic E-state index is 5.15. The molecule has 0 bridgehead atoms. The van der Waals surface area contributed by atoms with E-state index in [2.05, 4.69) is 163 Å². The molecule has 8 aromatic carbocycles. The van der Waals surface area contributed by atoms with E-state index in [9.17, 15) is 0 Å². The smallest absolute Gasteiger partial charge is 0.159 e. The van der Waals surface area contributed by atoms with E-state index < -0.39 is 0 Å². The molecule has 0 atom stereocenters. The third-order valence-corrected chi connectivity index (χ3v) is 10.2. The van der Waals surface area contributed by atoms with Crippen LogP contribution in [-0.2, 0) is 0 Å². The molecule has 0 spiro atoms. The summed E-state index contributed by atoms with van der Waals surface area (Å²) in [6, 6.07) is 60.9. The molecule has 10 rings (SSSR count). The summed E-state index contributed by atoms with van der Waals surface area (Å²) in [6.07, 6.45) is 5.55. The SMILES string of the molecule is c1cncc(-c2cccc(-c3ccnc(-c4ccc5c(-c6ccc7ccccc7c6)c6ccccc6c(-c6ccc7ccccc7c6)c5c4)n3)c2)c1. The second-order valence-corrected chi connectivity index (χ2v) is 13.3. The number of rotatable bonds is 5. The van der Waals surface area contributed by atoms with Crippen LogP contribution in [0.3, 0.4) is 0 Å². The highest BCUT2D eigenvalue weighted by atomic mass is 14.9. The van der Waals surface area contributed by atoms with Gasteiger partial charge in [0.25, 0.3) is 0 Å². The summed E-state index contributed by atoms with van der Waals surface area (Å²) < 4.78 is 0. The van der Waals surface area contributed by atoms with Crippen LogP contribution in [0.2, 0.25) is 0 Å². The molecule has 3 heteroatoms. The summed E-state index contributed by atoms with van der Waals surface area (Å²) in [5.41, 5.74) is 9.88. The molecule has 0 aliphatic carbocycles. The Labute approximate surface area is 301 Å². The summed E-state index contributed by atoms with van der Waals surface area (Å²) in [4.78, 5) is 14.3. The molecule has 0 radical (unpaired) electrons. The standard InChI is InChI=1S/C49H31N3/c1-3-11-34-28-38(20-18-32(34)9-1)47-42-16-5-6-17-43(42)48(39-21-19-33-10-2-4-12-35(33)29-39)45-30-40(22-23-44(45)47)49-51-26-24-46(52-49)37-14-7-13-36(27-37)41-15-8-25-50-31-41/h1-31H. The average Bonchev–Trinajstić information content (AvgIpc) is 3.22. The van der Waals surface area contributed by atoms with Crippen LogP contribution in [0.25, 0.3) is 99.1 Å². The largest absolute Gasteiger partial charge is 0.264 e. The lowest BCUT2D eigenvalue weighted by Gasteiger charge is -2.19. The van der Waals surface area contributed by atoms with Gasteiger partial charge in [0.2, 0.25) is 0 Å². The van der Waals surface area contributed by atoms with E-state index >= 15 is 0 Å². The quantitative estimate of drug-likeness (QED) is 0.172. The first kappa shape index (κ1) is 29.9. The van der Waals surface area contributed by atoms with E-state index in [1.807, 2.05) is 24.5 Å². The van der Waals surface area contributed by atoms with Crippen molar-refractivity contribution >= 4 is 43.1 Å². The lowest BCUT2D eigenvalue weighted by Crippen LogP contribution is -1.94. The number of aromatic nitrogens is 3. The lowest BCUT2D eigenvalue weighted by molar-refractivity contribution is 1.18. The van der Waals surface area contributed by atoms with Gasteiger partial charge in [-0.2, -0.15) is 0 Å². The van der Waals surface area contributed by atoms with E-state index in [-0.39, 0.29) is 0 Å². The highest BCUT2D eigenvalue weighted by Gasteiger charge is 2.19. The monoisotopic (exact) mass is 661 g/mol. The summed E-state index contributed by atoms with van der Waals surface area (Å²) in [6.45, 7) is 0. The van der Waals surface area contributed by atoms with Crippen molar-refractivity contribution in [2.75, 3.05) is 0 Å². The molecule has 0 N–H and O–H groups in total. The molecule has 0 saturated heterocycles. The highest BCUT2D eigenvalue weighted by Crippen LogP contribution is 2.45. The molecule has 0 amide bonds. The van der Waals surface area contributed by atoms with E-state index in [0.29, 0.717) is 5.82 Å². The number of pyridine rings is 1. The minimum absolute atomic E-state index is 0.691. The second kappa shape index (κ2) is 12.4. The average molecular weight is 662 g/mol. The second-order valence-electron chi connectivity index (χ2n) is 13.3. The van der Waals surface area contributed by atoms with Crippen molar-refractivity contribution in [1.82, 2.24) is 15.0 Å². The minimum Gasteiger partial charge on any atom is -0.264 e. The first-order valence-corrected chi connectivity index (χ1v) is 17.6. The predicted molar refractivity (Wildman–Crippen MR) is 217 cm³/mol. The Bertz CT molecular complexity index is 2970. The van der Waals surface area contributed by atoms with Crippen LogP contribution in [0.1, 0.15) is 0 Å². The van der Waals surface area contributed by atoms with E-state index in [4.69, 9.17) is 9.97 Å². The first-order chi connectivity index (χ1) is 25.8. The summed E-state index contributed by atoms with van der Waals surface area (Å²) in [5.74, 6) is 0.691. The number of fused-ring (bicyclic) bond motifs is 4. The fourth-order valence-corrected chi connectivity index (χ4v) is 7.68. The number of benzene rings is 8. The first-order valence-electron chi connectivity index (χ1n) is 17.6. The fourth-order valence-electron chi connectivity index (χ4n) is 7.68. The fraction of sp³-hybridized carbons (Fsp3) is 0. The zero-order valence-corrected chi connectivity index (χ0v) is 28.2. The number of nitrogens with zero attached hydrogens (tertiary/aromatic N) is 3. The van der Waals surface area contributed by atoms with Crippen LogP contribution in [0.5, 0.6) is 0 Å². The Kier molecular flexibility index (Phi) is 7.14. The van der Waals surface area contributed by atoms with E-state index in [0.717, 1.165) is 27.9 Å². The van der Waals surface area contributed by atoms with Gasteiger partial charge in [0, 0.05) is 35.3 Å². The molecule has 52 heavy (non-hydrogen) atoms. The van der Waals surface area contributed by atoms with Crippen molar-refractivity contribution in [2.24, 2.45) is 0 Å². The molecular weight excluding hydrogens is 631 g/mol. The third kappa shape index (κ3) is 5.19. The van der Waals surface area contributed by atoms with Crippen molar-refractivity contribution < 1.29 is 0 Å². The predicted octanol–water partition coefficient (Wildman–Crippen LogP) is 12.8. The Morgan fingerprint density at radius 2 is 0.923 bits per heavy atom. The highest BCUT2D eigenvalue weighted by molar-refractivity contribution is 6.22. The van der Waals surface area contributed by atoms with Crippen molar-refractivity contribution in [3.8, 4) is 56.0 Å². The van der Waals surface area contributed by atoms with Gasteiger partial charge >= 0.3 is 0 Å². The maximum absolute atomic E-state index is 5.15. The van der Waals surface area contributed by atoms with Gasteiger partial charge in [0.1, 0.15) is 0 Å². The van der Waals surface area contributed by atoms with Crippen LogP contribution >= 0.6 is 0 Å². The van der Waals surface area contributed by atoms with Gasteiger partial charge in [-0.15, -0.1) is 0 Å². The Morgan fingerprint density at radius 3 is 1.62 bits per heavy atom. The number of hydrogen-bond donors (Lipinski definition) is 0. The zero-order valence-electron chi connectivity index (χ0n) is 28.2. The molecule has 3 nitrogen and oxygen atoms in total. The van der Waals surface area contributed by atoms with Crippen LogP contribution in [0.15, 0.2) is 188 Å². The maximum Gasteiger partial charge on any atom is 0.159 e. The van der Waals surface area contributed by atoms with Crippen molar-refractivity contribution in [2.45, 2.75) is 0 Å². The van der Waals surface area contributed by atoms with Crippen LogP contribution < -0.4 is 0 Å². The summed E-state index contributed by atoms with van der Waals surface area (Å²) in [7, 11) is 0. The molecule has 0 aliphatic heterocycles. The number of hydrogen-bond acceptors (Lipinski definition) is 3. The Hall–Kier alpha value is -6.97. The van der Waals surface area contributed by atoms with Gasteiger partial charge in [0.15, 0.2) is 5.82 Å². The molecule has 0 aliphatic rings. The van der Waals surface area contributed by atoms with Gasteiger partial charge in [-0.25, -0.2) is 9.97 Å². The molecule has 242 valence electrons. The van der Waals surface area contributed by atoms with Gasteiger partial charge < -0.3 is 0 Å². The van der Waals surface area contributed by atoms with Crippen molar-refractivity contribution in [3.05, 3.63) is 188 Å². The molecule has 0 saturated carbocycles. The lowest BCUT2D eigenvalue weighted by atomic mass is 9.84. The van der Waals surface area contributed by atoms with Crippen LogP contribution in [0.4, 0.5) is 0 Å². The van der Waals surface area contributed by atoms with Crippen LogP contribution in [-0.4, -0.2) is 15.0 Å². The minimum atomic E-state index is 0.691. The van der Waals surface area contributed by atoms with Gasteiger partial charge in [-0.3, -0.25) is 4.98 Å². The summed E-state index contributed by atoms with van der Waals surface area (Å²) in [5, 5.41) is 9.72. The van der Waals surface area contributed by atoms with Crippen molar-refractivity contribution in [1.29, 1.82) is 0 Å². The Balaban J connectivity index is 1.21. The zero-order chi connectivity index (χ0) is 34.4. The van der Waals surface area contributed by atoms with Gasteiger partial charge in [-0.1, -0.05) is 133 Å². The molecule has 10 aromatic rings. The molecule has 0 unspecified atom stereocenters. The van der Waals surface area contributed by atoms with Gasteiger partial charge in [0.05, 0.1) is 5.69 Å². The molecule has 2 heterocycles. The topological polar surface area (TPSA) is 38.7 Å². The summed E-state index contributed by atoms with van der Waals surface area (Å²) >= 11 is 0. The third-order valence-electron chi connectivity index (χ3n) is 10.2. The molecular formula is C49H31N3. The van der Waals surface area contributed by atoms with E-state index in [1.54, 1.807) is 6.20 Å². The van der Waals surface area contributed by atoms with Gasteiger partial charge in [-0.05, 0) is 107 Å². The molecule has 0 fully saturated rings. The van der Waals surface area contributed by atoms with E-state index in [1.165, 1.54) is 65.3 Å². The normalized spacial score (nSPS) is 11.5. The Morgan fingerprint density at radius 1 is 0.327 bits per heavy atom. The van der Waals surface area contributed by atoms with Crippen molar-refractivity contribution in [3.63, 3.8) is 0 Å². The van der Waals surface area contributed by atoms with Crippen LogP contribution in [0, 0.1) is 0 Å². The molecule has 2 aromatic heterocycles.